The molecule has 2 aliphatic rings. The average Bonchev–Trinajstić information content (AvgIpc) is 2.81. The number of carboxylic acids is 1. The van der Waals surface area contributed by atoms with Crippen molar-refractivity contribution in [3.05, 3.63) is 12.2 Å². The number of carbonyl (C=O) groups is 2. The monoisotopic (exact) mass is 240 g/mol. The Kier molecular flexibility index (Phi) is 3.63. The first-order chi connectivity index (χ1) is 8.18. The Morgan fingerprint density at radius 3 is 2.71 bits per heavy atom. The number of hydrogen-bond donors (Lipinski definition) is 2. The van der Waals surface area contributed by atoms with Gasteiger partial charge in [-0.25, -0.2) is 9.59 Å². The second-order valence-electron chi connectivity index (χ2n) is 4.21. The minimum Gasteiger partial charge on any atom is -0.480 e. The van der Waals surface area contributed by atoms with Gasteiger partial charge in [0.15, 0.2) is 6.04 Å². The standard InChI is InChI=1S/C11H16N2O4/c14-10(15)9-7-17-6-5-13(9)11(16)12-8-3-1-2-4-8/h1-2,8-9H,3-7H2,(H,12,16)(H,14,15). The van der Waals surface area contributed by atoms with Crippen molar-refractivity contribution in [1.29, 1.82) is 0 Å². The van der Waals surface area contributed by atoms with Gasteiger partial charge >= 0.3 is 12.0 Å². The third kappa shape index (κ3) is 2.76. The molecular weight excluding hydrogens is 224 g/mol. The van der Waals surface area contributed by atoms with Crippen LogP contribution in [0.25, 0.3) is 0 Å². The molecule has 1 fully saturated rings. The van der Waals surface area contributed by atoms with Crippen molar-refractivity contribution < 1.29 is 19.4 Å². The number of nitrogens with zero attached hydrogens (tertiary/aromatic N) is 1. The van der Waals surface area contributed by atoms with E-state index in [1.54, 1.807) is 0 Å². The number of nitrogens with one attached hydrogen (secondary N) is 1. The zero-order chi connectivity index (χ0) is 12.3. The van der Waals surface area contributed by atoms with Crippen LogP contribution < -0.4 is 5.32 Å². The maximum Gasteiger partial charge on any atom is 0.328 e. The number of hydrogen-bond acceptors (Lipinski definition) is 3. The lowest BCUT2D eigenvalue weighted by molar-refractivity contribution is -0.147. The van der Waals surface area contributed by atoms with Crippen LogP contribution in [0.2, 0.25) is 0 Å². The number of ether oxygens (including phenoxy) is 1. The van der Waals surface area contributed by atoms with E-state index in [0.29, 0.717) is 13.2 Å². The zero-order valence-electron chi connectivity index (χ0n) is 9.46. The van der Waals surface area contributed by atoms with E-state index >= 15 is 0 Å². The fraction of sp³-hybridized carbons (Fsp3) is 0.636. The van der Waals surface area contributed by atoms with Gasteiger partial charge in [-0.2, -0.15) is 0 Å². The number of carboxylic acid groups (broad SMARTS) is 1. The normalized spacial score (nSPS) is 24.9. The molecule has 17 heavy (non-hydrogen) atoms. The van der Waals surface area contributed by atoms with Crippen LogP contribution in [0.4, 0.5) is 4.79 Å². The van der Waals surface area contributed by atoms with Crippen LogP contribution in [-0.2, 0) is 9.53 Å². The van der Waals surface area contributed by atoms with E-state index in [2.05, 4.69) is 5.32 Å². The fourth-order valence-corrected chi connectivity index (χ4v) is 2.04. The Labute approximate surface area is 99.2 Å². The van der Waals surface area contributed by atoms with E-state index in [1.165, 1.54) is 4.90 Å². The molecule has 1 unspecified atom stereocenters. The highest BCUT2D eigenvalue weighted by atomic mass is 16.5. The van der Waals surface area contributed by atoms with Crippen molar-refractivity contribution in [3.8, 4) is 0 Å². The quantitative estimate of drug-likeness (QED) is 0.676. The van der Waals surface area contributed by atoms with E-state index in [0.717, 1.165) is 12.8 Å². The lowest BCUT2D eigenvalue weighted by Gasteiger charge is -2.33. The molecule has 0 bridgehead atoms. The van der Waals surface area contributed by atoms with Crippen LogP contribution in [0.5, 0.6) is 0 Å². The molecule has 0 spiro atoms. The van der Waals surface area contributed by atoms with Crippen molar-refractivity contribution in [2.75, 3.05) is 19.8 Å². The molecule has 1 aliphatic carbocycles. The SMILES string of the molecule is O=C(O)C1COCCN1C(=O)NC1CC=CC1. The summed E-state index contributed by atoms with van der Waals surface area (Å²) in [7, 11) is 0. The predicted molar refractivity (Wildman–Crippen MR) is 59.6 cm³/mol. The molecule has 1 heterocycles. The van der Waals surface area contributed by atoms with Gasteiger partial charge < -0.3 is 20.1 Å². The molecule has 1 aliphatic heterocycles. The first-order valence-corrected chi connectivity index (χ1v) is 5.71. The highest BCUT2D eigenvalue weighted by molar-refractivity contribution is 5.83. The smallest absolute Gasteiger partial charge is 0.328 e. The van der Waals surface area contributed by atoms with Crippen molar-refractivity contribution >= 4 is 12.0 Å². The first-order valence-electron chi connectivity index (χ1n) is 5.71. The molecular formula is C11H16N2O4. The van der Waals surface area contributed by atoms with Gasteiger partial charge in [0, 0.05) is 12.6 Å². The summed E-state index contributed by atoms with van der Waals surface area (Å²) in [4.78, 5) is 24.3. The number of morpholine rings is 1. The first kappa shape index (κ1) is 11.9. The van der Waals surface area contributed by atoms with Gasteiger partial charge in [0.05, 0.1) is 13.2 Å². The summed E-state index contributed by atoms with van der Waals surface area (Å²) in [5.41, 5.74) is 0. The Hall–Kier alpha value is -1.56. The minimum atomic E-state index is -1.02. The summed E-state index contributed by atoms with van der Waals surface area (Å²) in [6.07, 6.45) is 5.65. The van der Waals surface area contributed by atoms with Crippen LogP contribution in [0, 0.1) is 0 Å². The molecule has 0 aromatic carbocycles. The average molecular weight is 240 g/mol. The summed E-state index contributed by atoms with van der Waals surface area (Å²) < 4.78 is 5.08. The van der Waals surface area contributed by atoms with Gasteiger partial charge in [-0.3, -0.25) is 0 Å². The summed E-state index contributed by atoms with van der Waals surface area (Å²) in [5, 5.41) is 11.8. The maximum absolute atomic E-state index is 11.9. The van der Waals surface area contributed by atoms with Gasteiger partial charge in [0.2, 0.25) is 0 Å². The van der Waals surface area contributed by atoms with Crippen LogP contribution >= 0.6 is 0 Å². The highest BCUT2D eigenvalue weighted by Gasteiger charge is 2.33. The molecule has 0 saturated carbocycles. The Balaban J connectivity index is 1.93. The number of carbonyl (C=O) groups excluding carboxylic acids is 1. The lowest BCUT2D eigenvalue weighted by Crippen LogP contribution is -2.56. The van der Waals surface area contributed by atoms with Gasteiger partial charge in [0.25, 0.3) is 0 Å². The summed E-state index contributed by atoms with van der Waals surface area (Å²) in [5.74, 6) is -1.02. The number of rotatable bonds is 2. The molecule has 2 N–H and O–H groups in total. The van der Waals surface area contributed by atoms with E-state index < -0.39 is 12.0 Å². The van der Waals surface area contributed by atoms with Gasteiger partial charge in [-0.1, -0.05) is 12.2 Å². The van der Waals surface area contributed by atoms with Crippen molar-refractivity contribution in [2.45, 2.75) is 24.9 Å². The van der Waals surface area contributed by atoms with Crippen LogP contribution in [0.3, 0.4) is 0 Å². The topological polar surface area (TPSA) is 78.9 Å². The van der Waals surface area contributed by atoms with E-state index in [9.17, 15) is 9.59 Å². The second kappa shape index (κ2) is 5.18. The molecule has 0 aromatic heterocycles. The third-order valence-corrected chi connectivity index (χ3v) is 3.01. The largest absolute Gasteiger partial charge is 0.480 e. The van der Waals surface area contributed by atoms with Crippen molar-refractivity contribution in [1.82, 2.24) is 10.2 Å². The Bertz CT molecular complexity index is 334. The lowest BCUT2D eigenvalue weighted by atomic mass is 10.2. The number of aliphatic carboxylic acids is 1. The molecule has 2 amide bonds. The van der Waals surface area contributed by atoms with Crippen molar-refractivity contribution in [3.63, 3.8) is 0 Å². The molecule has 2 rings (SSSR count). The molecule has 94 valence electrons. The second-order valence-corrected chi connectivity index (χ2v) is 4.21. The van der Waals surface area contributed by atoms with E-state index in [1.807, 2.05) is 12.2 Å². The van der Waals surface area contributed by atoms with Gasteiger partial charge in [-0.05, 0) is 12.8 Å². The molecule has 1 atom stereocenters. The fourth-order valence-electron chi connectivity index (χ4n) is 2.04. The molecule has 6 heteroatoms. The summed E-state index contributed by atoms with van der Waals surface area (Å²) in [6.45, 7) is 0.773. The summed E-state index contributed by atoms with van der Waals surface area (Å²) in [6, 6.07) is -1.09. The van der Waals surface area contributed by atoms with Crippen LogP contribution in [0.15, 0.2) is 12.2 Å². The van der Waals surface area contributed by atoms with Gasteiger partial charge in [-0.15, -0.1) is 0 Å². The van der Waals surface area contributed by atoms with Crippen LogP contribution in [-0.4, -0.2) is 53.8 Å². The van der Waals surface area contributed by atoms with Crippen molar-refractivity contribution in [2.24, 2.45) is 0 Å². The van der Waals surface area contributed by atoms with E-state index in [-0.39, 0.29) is 18.7 Å². The zero-order valence-corrected chi connectivity index (χ0v) is 9.46. The maximum atomic E-state index is 11.9. The Morgan fingerprint density at radius 1 is 1.35 bits per heavy atom. The molecule has 1 saturated heterocycles. The number of urea groups is 1. The third-order valence-electron chi connectivity index (χ3n) is 3.01. The van der Waals surface area contributed by atoms with Gasteiger partial charge in [0.1, 0.15) is 0 Å². The number of amides is 2. The minimum absolute atomic E-state index is 0.0612. The predicted octanol–water partition coefficient (Wildman–Crippen LogP) is 0.200. The summed E-state index contributed by atoms with van der Waals surface area (Å²) >= 11 is 0. The highest BCUT2D eigenvalue weighted by Crippen LogP contribution is 2.12. The Morgan fingerprint density at radius 2 is 2.06 bits per heavy atom. The van der Waals surface area contributed by atoms with Crippen LogP contribution in [0.1, 0.15) is 12.8 Å². The molecule has 0 aromatic rings. The molecule has 6 nitrogen and oxygen atoms in total. The van der Waals surface area contributed by atoms with E-state index in [4.69, 9.17) is 9.84 Å². The molecule has 0 radical (unpaired) electrons.